The van der Waals surface area contributed by atoms with Crippen LogP contribution in [0.2, 0.25) is 0 Å². The Bertz CT molecular complexity index is 453. The number of rotatable bonds is 2. The zero-order valence-electron chi connectivity index (χ0n) is 13.0. The Kier molecular flexibility index (Phi) is 4.29. The normalized spacial score (nSPS) is 34.1. The van der Waals surface area contributed by atoms with Gasteiger partial charge in [0.2, 0.25) is 0 Å². The summed E-state index contributed by atoms with van der Waals surface area (Å²) in [5.74, 6) is 3.70. The van der Waals surface area contributed by atoms with Crippen molar-refractivity contribution in [1.29, 1.82) is 0 Å². The van der Waals surface area contributed by atoms with Gasteiger partial charge in [-0.2, -0.15) is 0 Å². The monoisotopic (exact) mass is 268 g/mol. The molecule has 0 heteroatoms. The van der Waals surface area contributed by atoms with Gasteiger partial charge in [-0.05, 0) is 81.6 Å². The van der Waals surface area contributed by atoms with Crippen molar-refractivity contribution in [3.05, 3.63) is 47.5 Å². The van der Waals surface area contributed by atoms with Crippen molar-refractivity contribution < 1.29 is 0 Å². The molecular formula is C20H28. The number of allylic oxidation sites excluding steroid dienone is 2. The highest BCUT2D eigenvalue weighted by molar-refractivity contribution is 5.25. The summed E-state index contributed by atoms with van der Waals surface area (Å²) in [7, 11) is 0. The first kappa shape index (κ1) is 13.9. The van der Waals surface area contributed by atoms with E-state index in [9.17, 15) is 0 Å². The molecule has 3 rings (SSSR count). The minimum Gasteiger partial charge on any atom is -0.0914 e. The molecule has 4 atom stereocenters. The second-order valence-electron chi connectivity index (χ2n) is 7.04. The predicted octanol–water partition coefficient (Wildman–Crippen LogP) is 5.87. The first-order valence-corrected chi connectivity index (χ1v) is 8.45. The van der Waals surface area contributed by atoms with Crippen LogP contribution in [0.15, 0.2) is 36.4 Å². The van der Waals surface area contributed by atoms with Crippen molar-refractivity contribution in [3.8, 4) is 0 Å². The van der Waals surface area contributed by atoms with Crippen molar-refractivity contribution in [2.45, 2.75) is 58.3 Å². The Hall–Kier alpha value is -1.04. The predicted molar refractivity (Wildman–Crippen MR) is 86.9 cm³/mol. The molecule has 2 aliphatic carbocycles. The van der Waals surface area contributed by atoms with Gasteiger partial charge in [0.05, 0.1) is 0 Å². The Morgan fingerprint density at radius 2 is 1.60 bits per heavy atom. The molecule has 2 fully saturated rings. The van der Waals surface area contributed by atoms with E-state index in [1.807, 2.05) is 0 Å². The van der Waals surface area contributed by atoms with Crippen LogP contribution in [0.5, 0.6) is 0 Å². The lowest BCUT2D eigenvalue weighted by Crippen LogP contribution is -2.30. The molecule has 108 valence electrons. The Morgan fingerprint density at radius 3 is 2.35 bits per heavy atom. The molecule has 0 nitrogen and oxygen atoms in total. The van der Waals surface area contributed by atoms with Crippen LogP contribution in [0.1, 0.15) is 62.5 Å². The molecule has 0 bridgehead atoms. The molecule has 0 aliphatic heterocycles. The third kappa shape index (κ3) is 3.00. The lowest BCUT2D eigenvalue weighted by atomic mass is 9.64. The summed E-state index contributed by atoms with van der Waals surface area (Å²) >= 11 is 0. The van der Waals surface area contributed by atoms with Crippen LogP contribution in [0.25, 0.3) is 0 Å². The van der Waals surface area contributed by atoms with E-state index in [1.54, 1.807) is 5.56 Å². The lowest BCUT2D eigenvalue weighted by Gasteiger charge is -2.41. The van der Waals surface area contributed by atoms with E-state index in [0.29, 0.717) is 0 Å². The first-order valence-electron chi connectivity index (χ1n) is 8.45. The molecule has 20 heavy (non-hydrogen) atoms. The van der Waals surface area contributed by atoms with Gasteiger partial charge < -0.3 is 0 Å². The third-order valence-corrected chi connectivity index (χ3v) is 5.67. The maximum Gasteiger partial charge on any atom is -0.0159 e. The molecule has 0 radical (unpaired) electrons. The topological polar surface area (TPSA) is 0 Å². The number of fused-ring (bicyclic) bond motifs is 1. The van der Waals surface area contributed by atoms with E-state index in [2.05, 4.69) is 50.3 Å². The maximum atomic E-state index is 2.45. The number of benzene rings is 1. The quantitative estimate of drug-likeness (QED) is 0.588. The summed E-state index contributed by atoms with van der Waals surface area (Å²) in [6, 6.07) is 9.30. The van der Waals surface area contributed by atoms with Gasteiger partial charge in [-0.3, -0.25) is 0 Å². The molecule has 0 heterocycles. The molecule has 0 amide bonds. The van der Waals surface area contributed by atoms with Crippen LogP contribution in [-0.4, -0.2) is 0 Å². The van der Waals surface area contributed by atoms with Crippen LogP contribution in [0.4, 0.5) is 0 Å². The molecule has 0 N–H and O–H groups in total. The van der Waals surface area contributed by atoms with Crippen LogP contribution in [0.3, 0.4) is 0 Å². The van der Waals surface area contributed by atoms with Crippen molar-refractivity contribution in [3.63, 3.8) is 0 Å². The second kappa shape index (κ2) is 6.16. The summed E-state index contributed by atoms with van der Waals surface area (Å²) < 4.78 is 0. The fourth-order valence-electron chi connectivity index (χ4n) is 4.51. The lowest BCUT2D eigenvalue weighted by molar-refractivity contribution is 0.133. The standard InChI is InChI=1S/C20H28/c1-3-4-16-7-10-20-14-19(12-11-18(20)13-16)17-8-5-15(2)6-9-17/h3-6,8-9,16,18-20H,7,10-14H2,1-2H3/b4-3+. The Morgan fingerprint density at radius 1 is 0.900 bits per heavy atom. The molecule has 0 spiro atoms. The highest BCUT2D eigenvalue weighted by Crippen LogP contribution is 2.47. The molecule has 1 aromatic rings. The van der Waals surface area contributed by atoms with Crippen LogP contribution >= 0.6 is 0 Å². The van der Waals surface area contributed by atoms with E-state index in [4.69, 9.17) is 0 Å². The minimum atomic E-state index is 0.829. The molecule has 0 aromatic heterocycles. The van der Waals surface area contributed by atoms with E-state index >= 15 is 0 Å². The van der Waals surface area contributed by atoms with Gasteiger partial charge in [-0.25, -0.2) is 0 Å². The largest absolute Gasteiger partial charge is 0.0914 e. The third-order valence-electron chi connectivity index (χ3n) is 5.67. The first-order chi connectivity index (χ1) is 9.76. The van der Waals surface area contributed by atoms with Gasteiger partial charge in [0.1, 0.15) is 0 Å². The minimum absolute atomic E-state index is 0.829. The van der Waals surface area contributed by atoms with Gasteiger partial charge in [-0.1, -0.05) is 42.0 Å². The van der Waals surface area contributed by atoms with Gasteiger partial charge in [-0.15, -0.1) is 0 Å². The van der Waals surface area contributed by atoms with Gasteiger partial charge in [0.15, 0.2) is 0 Å². The zero-order valence-corrected chi connectivity index (χ0v) is 13.0. The molecular weight excluding hydrogens is 240 g/mol. The second-order valence-corrected chi connectivity index (χ2v) is 7.04. The molecule has 4 unspecified atom stereocenters. The molecule has 2 aliphatic rings. The molecule has 2 saturated carbocycles. The smallest absolute Gasteiger partial charge is 0.0159 e. The van der Waals surface area contributed by atoms with Gasteiger partial charge >= 0.3 is 0 Å². The van der Waals surface area contributed by atoms with E-state index < -0.39 is 0 Å². The van der Waals surface area contributed by atoms with E-state index in [1.165, 1.54) is 44.1 Å². The van der Waals surface area contributed by atoms with Crippen LogP contribution in [-0.2, 0) is 0 Å². The summed E-state index contributed by atoms with van der Waals surface area (Å²) in [5.41, 5.74) is 2.97. The maximum absolute atomic E-state index is 2.45. The van der Waals surface area contributed by atoms with Crippen molar-refractivity contribution >= 4 is 0 Å². The Labute approximate surface area is 124 Å². The van der Waals surface area contributed by atoms with Crippen molar-refractivity contribution in [1.82, 2.24) is 0 Å². The van der Waals surface area contributed by atoms with Crippen molar-refractivity contribution in [2.24, 2.45) is 17.8 Å². The fraction of sp³-hybridized carbons (Fsp3) is 0.600. The fourth-order valence-corrected chi connectivity index (χ4v) is 4.51. The average molecular weight is 268 g/mol. The zero-order chi connectivity index (χ0) is 13.9. The SMILES string of the molecule is C/C=C/C1CCC2CC(c3ccc(C)cc3)CCC2C1. The number of hydrogen-bond donors (Lipinski definition) is 0. The summed E-state index contributed by atoms with van der Waals surface area (Å²) in [6.45, 7) is 4.35. The van der Waals surface area contributed by atoms with Gasteiger partial charge in [0, 0.05) is 0 Å². The average Bonchev–Trinajstić information content (AvgIpc) is 2.48. The Balaban J connectivity index is 1.64. The van der Waals surface area contributed by atoms with Crippen LogP contribution < -0.4 is 0 Å². The number of aryl methyl sites for hydroxylation is 1. The highest BCUT2D eigenvalue weighted by Gasteiger charge is 2.35. The van der Waals surface area contributed by atoms with Crippen LogP contribution in [0, 0.1) is 24.7 Å². The summed E-state index contributed by atoms with van der Waals surface area (Å²) in [4.78, 5) is 0. The van der Waals surface area contributed by atoms with Crippen molar-refractivity contribution in [2.75, 3.05) is 0 Å². The highest BCUT2D eigenvalue weighted by atomic mass is 14.4. The summed E-state index contributed by atoms with van der Waals surface area (Å²) in [6.07, 6.45) is 13.3. The summed E-state index contributed by atoms with van der Waals surface area (Å²) in [5, 5.41) is 0. The molecule has 0 saturated heterocycles. The van der Waals surface area contributed by atoms with E-state index in [0.717, 1.165) is 23.7 Å². The van der Waals surface area contributed by atoms with E-state index in [-0.39, 0.29) is 0 Å². The molecule has 1 aromatic carbocycles. The number of hydrogen-bond acceptors (Lipinski definition) is 0. The van der Waals surface area contributed by atoms with Gasteiger partial charge in [0.25, 0.3) is 0 Å².